The number of hydrogen-bond donors (Lipinski definition) is 3. The fourth-order valence-corrected chi connectivity index (χ4v) is 3.50. The fraction of sp³-hybridized carbons (Fsp3) is 0.737. The standard InChI is InChI=1S/C19H35N5O2S.HI/c1-7-20-18(21-10-9-17-23-14(5)15(6)27-17)22-12-16(11-13(3)4)24-19(25)26-8-2;/h13,16H,7-12H2,1-6H3,(H,24,25)(H2,20,21,22);1H. The second-order valence-corrected chi connectivity index (χ2v) is 8.12. The van der Waals surface area contributed by atoms with Crippen LogP contribution >= 0.6 is 35.3 Å². The first-order valence-electron chi connectivity index (χ1n) is 9.74. The summed E-state index contributed by atoms with van der Waals surface area (Å²) < 4.78 is 5.00. The highest BCUT2D eigenvalue weighted by molar-refractivity contribution is 14.0. The molecule has 1 amide bonds. The molecule has 1 heterocycles. The maximum absolute atomic E-state index is 11.7. The predicted octanol–water partition coefficient (Wildman–Crippen LogP) is 3.64. The molecule has 0 saturated heterocycles. The summed E-state index contributed by atoms with van der Waals surface area (Å²) in [6.45, 7) is 14.6. The van der Waals surface area contributed by atoms with Crippen LogP contribution in [-0.4, -0.2) is 49.3 Å². The summed E-state index contributed by atoms with van der Waals surface area (Å²) in [4.78, 5) is 22.2. The van der Waals surface area contributed by atoms with Gasteiger partial charge in [0.15, 0.2) is 5.96 Å². The third-order valence-corrected chi connectivity index (χ3v) is 5.00. The van der Waals surface area contributed by atoms with Crippen LogP contribution in [0.4, 0.5) is 4.79 Å². The van der Waals surface area contributed by atoms with Gasteiger partial charge in [0.1, 0.15) is 0 Å². The van der Waals surface area contributed by atoms with Crippen molar-refractivity contribution in [2.45, 2.75) is 60.4 Å². The van der Waals surface area contributed by atoms with Gasteiger partial charge in [-0.25, -0.2) is 9.78 Å². The van der Waals surface area contributed by atoms with E-state index in [2.05, 4.69) is 46.7 Å². The normalized spacial score (nSPS) is 12.3. The molecule has 0 aliphatic heterocycles. The highest BCUT2D eigenvalue weighted by Crippen LogP contribution is 2.16. The van der Waals surface area contributed by atoms with Crippen LogP contribution in [0.2, 0.25) is 0 Å². The maximum Gasteiger partial charge on any atom is 0.407 e. The van der Waals surface area contributed by atoms with Gasteiger partial charge in [-0.1, -0.05) is 13.8 Å². The molecular weight excluding hydrogens is 489 g/mol. The first kappa shape index (κ1) is 26.9. The molecule has 1 aromatic heterocycles. The zero-order valence-corrected chi connectivity index (χ0v) is 21.1. The van der Waals surface area contributed by atoms with Crippen molar-refractivity contribution in [3.63, 3.8) is 0 Å². The molecule has 3 N–H and O–H groups in total. The van der Waals surface area contributed by atoms with Crippen molar-refractivity contribution >= 4 is 47.4 Å². The number of aryl methyl sites for hydroxylation is 2. The van der Waals surface area contributed by atoms with Gasteiger partial charge in [0.2, 0.25) is 0 Å². The van der Waals surface area contributed by atoms with Crippen LogP contribution in [0.5, 0.6) is 0 Å². The van der Waals surface area contributed by atoms with E-state index in [-0.39, 0.29) is 36.1 Å². The largest absolute Gasteiger partial charge is 0.450 e. The molecular formula is C19H36IN5O2S. The lowest BCUT2D eigenvalue weighted by atomic mass is 10.0. The van der Waals surface area contributed by atoms with Crippen LogP contribution in [0.3, 0.4) is 0 Å². The van der Waals surface area contributed by atoms with Crippen LogP contribution < -0.4 is 16.0 Å². The molecule has 0 spiro atoms. The molecule has 9 heteroatoms. The molecule has 0 bridgehead atoms. The van der Waals surface area contributed by atoms with Gasteiger partial charge in [-0.3, -0.25) is 4.99 Å². The minimum atomic E-state index is -0.384. The summed E-state index contributed by atoms with van der Waals surface area (Å²) in [5, 5.41) is 10.6. The Labute approximate surface area is 190 Å². The van der Waals surface area contributed by atoms with E-state index in [1.807, 2.05) is 13.8 Å². The summed E-state index contributed by atoms with van der Waals surface area (Å²) in [5.74, 6) is 1.21. The van der Waals surface area contributed by atoms with Gasteiger partial charge in [-0.15, -0.1) is 35.3 Å². The molecule has 0 aliphatic rings. The summed E-state index contributed by atoms with van der Waals surface area (Å²) in [6.07, 6.45) is 1.32. The van der Waals surface area contributed by atoms with Crippen molar-refractivity contribution in [3.8, 4) is 0 Å². The Morgan fingerprint density at radius 3 is 2.50 bits per heavy atom. The Morgan fingerprint density at radius 2 is 1.96 bits per heavy atom. The van der Waals surface area contributed by atoms with Gasteiger partial charge < -0.3 is 20.7 Å². The Bertz CT molecular complexity index is 588. The number of carbonyl (C=O) groups excluding carboxylic acids is 1. The molecule has 0 aliphatic carbocycles. The Balaban J connectivity index is 0.00000729. The average Bonchev–Trinajstić information content (AvgIpc) is 2.90. The lowest BCUT2D eigenvalue weighted by Crippen LogP contribution is -2.42. The second-order valence-electron chi connectivity index (χ2n) is 6.84. The topological polar surface area (TPSA) is 87.6 Å². The highest BCUT2D eigenvalue weighted by Gasteiger charge is 2.15. The summed E-state index contributed by atoms with van der Waals surface area (Å²) in [7, 11) is 0. The van der Waals surface area contributed by atoms with Crippen LogP contribution in [0.15, 0.2) is 4.99 Å². The van der Waals surface area contributed by atoms with Crippen molar-refractivity contribution in [1.82, 2.24) is 20.9 Å². The summed E-state index contributed by atoms with van der Waals surface area (Å²) in [5.41, 5.74) is 1.11. The number of hydrogen-bond acceptors (Lipinski definition) is 5. The maximum atomic E-state index is 11.7. The Morgan fingerprint density at radius 1 is 1.25 bits per heavy atom. The number of aliphatic imine (C=N–C) groups is 1. The Kier molecular flexibility index (Phi) is 14.3. The molecule has 1 aromatic rings. The number of aromatic nitrogens is 1. The molecule has 0 fully saturated rings. The number of halogens is 1. The molecule has 0 radical (unpaired) electrons. The first-order chi connectivity index (χ1) is 12.8. The smallest absolute Gasteiger partial charge is 0.407 e. The monoisotopic (exact) mass is 525 g/mol. The van der Waals surface area contributed by atoms with Crippen LogP contribution in [0.25, 0.3) is 0 Å². The van der Waals surface area contributed by atoms with Gasteiger partial charge >= 0.3 is 6.09 Å². The first-order valence-corrected chi connectivity index (χ1v) is 10.6. The summed E-state index contributed by atoms with van der Waals surface area (Å²) >= 11 is 1.74. The van der Waals surface area contributed by atoms with Crippen LogP contribution in [0.1, 0.15) is 49.7 Å². The van der Waals surface area contributed by atoms with E-state index in [1.165, 1.54) is 4.88 Å². The van der Waals surface area contributed by atoms with Gasteiger partial charge in [0.05, 0.1) is 29.9 Å². The second kappa shape index (κ2) is 14.8. The zero-order chi connectivity index (χ0) is 20.2. The van der Waals surface area contributed by atoms with Gasteiger partial charge in [0.25, 0.3) is 0 Å². The number of nitrogens with zero attached hydrogens (tertiary/aromatic N) is 2. The lowest BCUT2D eigenvalue weighted by molar-refractivity contribution is 0.147. The molecule has 1 atom stereocenters. The van der Waals surface area contributed by atoms with E-state index in [4.69, 9.17) is 4.74 Å². The number of thiazole rings is 1. The number of alkyl carbamates (subject to hydrolysis) is 1. The molecule has 0 saturated carbocycles. The minimum Gasteiger partial charge on any atom is -0.450 e. The quantitative estimate of drug-likeness (QED) is 0.247. The number of nitrogens with one attached hydrogen (secondary N) is 3. The van der Waals surface area contributed by atoms with Crippen molar-refractivity contribution in [3.05, 3.63) is 15.6 Å². The molecule has 0 aromatic carbocycles. The van der Waals surface area contributed by atoms with E-state index in [0.717, 1.165) is 42.6 Å². The van der Waals surface area contributed by atoms with E-state index in [1.54, 1.807) is 18.3 Å². The molecule has 162 valence electrons. The number of ether oxygens (including phenoxy) is 1. The number of amides is 1. The SMILES string of the molecule is CCNC(=NCC(CC(C)C)NC(=O)OCC)NCCc1nc(C)c(C)s1.I. The van der Waals surface area contributed by atoms with Crippen molar-refractivity contribution in [1.29, 1.82) is 0 Å². The van der Waals surface area contributed by atoms with Crippen LogP contribution in [-0.2, 0) is 11.2 Å². The fourth-order valence-electron chi connectivity index (χ4n) is 2.56. The van der Waals surface area contributed by atoms with Crippen LogP contribution in [0, 0.1) is 19.8 Å². The van der Waals surface area contributed by atoms with E-state index in [0.29, 0.717) is 19.1 Å². The molecule has 7 nitrogen and oxygen atoms in total. The average molecular weight is 526 g/mol. The third kappa shape index (κ3) is 11.0. The lowest BCUT2D eigenvalue weighted by Gasteiger charge is -2.19. The Hall–Kier alpha value is -1.10. The van der Waals surface area contributed by atoms with Gasteiger partial charge in [-0.2, -0.15) is 0 Å². The van der Waals surface area contributed by atoms with Crippen molar-refractivity contribution < 1.29 is 9.53 Å². The third-order valence-electron chi connectivity index (χ3n) is 3.87. The van der Waals surface area contributed by atoms with Crippen molar-refractivity contribution in [2.75, 3.05) is 26.2 Å². The number of carbonyl (C=O) groups is 1. The highest BCUT2D eigenvalue weighted by atomic mass is 127. The number of rotatable bonds is 10. The molecule has 1 rings (SSSR count). The number of guanidine groups is 1. The summed E-state index contributed by atoms with van der Waals surface area (Å²) in [6, 6.07) is -0.0521. The van der Waals surface area contributed by atoms with Gasteiger partial charge in [-0.05, 0) is 40.0 Å². The van der Waals surface area contributed by atoms with E-state index < -0.39 is 0 Å². The van der Waals surface area contributed by atoms with E-state index in [9.17, 15) is 4.79 Å². The molecule has 1 unspecified atom stereocenters. The van der Waals surface area contributed by atoms with Gasteiger partial charge in [0, 0.05) is 24.4 Å². The van der Waals surface area contributed by atoms with Crippen molar-refractivity contribution in [2.24, 2.45) is 10.9 Å². The molecule has 28 heavy (non-hydrogen) atoms. The zero-order valence-electron chi connectivity index (χ0n) is 17.9. The minimum absolute atomic E-state index is 0. The van der Waals surface area contributed by atoms with E-state index >= 15 is 0 Å². The predicted molar refractivity (Wildman–Crippen MR) is 128 cm³/mol.